The number of aliphatic hydroxyl groups is 1. The molecule has 0 spiro atoms. The van der Waals surface area contributed by atoms with Crippen LogP contribution in [0.25, 0.3) is 0 Å². The van der Waals surface area contributed by atoms with E-state index in [4.69, 9.17) is 10.6 Å². The van der Waals surface area contributed by atoms with Gasteiger partial charge in [0.2, 0.25) is 0 Å². The molecular formula is C15H24N2O3S. The first kappa shape index (κ1) is 18.0. The number of amides is 1. The van der Waals surface area contributed by atoms with E-state index in [-0.39, 0.29) is 6.10 Å². The van der Waals surface area contributed by atoms with Crippen LogP contribution in [-0.4, -0.2) is 34.7 Å². The number of hydroxylamine groups is 1. The number of benzene rings is 1. The summed E-state index contributed by atoms with van der Waals surface area (Å²) >= 11 is 1.73. The quantitative estimate of drug-likeness (QED) is 0.477. The topological polar surface area (TPSA) is 84.6 Å². The van der Waals surface area contributed by atoms with E-state index in [2.05, 4.69) is 12.4 Å². The molecule has 0 fully saturated rings. The molecule has 21 heavy (non-hydrogen) atoms. The minimum Gasteiger partial charge on any atom is -0.382 e. The number of nitrogens with two attached hydrogens (primary N) is 1. The predicted molar refractivity (Wildman–Crippen MR) is 85.7 cm³/mol. The van der Waals surface area contributed by atoms with Crippen LogP contribution in [-0.2, 0) is 9.63 Å². The molecule has 1 aromatic carbocycles. The van der Waals surface area contributed by atoms with E-state index in [1.807, 2.05) is 37.3 Å². The van der Waals surface area contributed by atoms with Crippen LogP contribution in [0.5, 0.6) is 0 Å². The van der Waals surface area contributed by atoms with Crippen LogP contribution < -0.4 is 11.2 Å². The van der Waals surface area contributed by atoms with Crippen molar-refractivity contribution in [1.82, 2.24) is 5.48 Å². The Morgan fingerprint density at radius 1 is 1.43 bits per heavy atom. The Hall–Kier alpha value is -1.08. The number of carbonyl (C=O) groups excluding carboxylic acids is 1. The Balaban J connectivity index is 2.35. The zero-order valence-corrected chi connectivity index (χ0v) is 13.3. The van der Waals surface area contributed by atoms with Gasteiger partial charge in [-0.15, -0.1) is 0 Å². The van der Waals surface area contributed by atoms with Gasteiger partial charge in [0, 0.05) is 6.04 Å². The van der Waals surface area contributed by atoms with Gasteiger partial charge < -0.3 is 10.8 Å². The molecule has 0 aliphatic rings. The lowest BCUT2D eigenvalue weighted by Crippen LogP contribution is -2.46. The highest BCUT2D eigenvalue weighted by atomic mass is 32.2. The van der Waals surface area contributed by atoms with Crippen LogP contribution in [0, 0.1) is 0 Å². The van der Waals surface area contributed by atoms with Gasteiger partial charge in [-0.2, -0.15) is 11.8 Å². The third-order valence-electron chi connectivity index (χ3n) is 3.08. The second-order valence-corrected chi connectivity index (χ2v) is 6.13. The highest BCUT2D eigenvalue weighted by Crippen LogP contribution is 2.14. The van der Waals surface area contributed by atoms with Crippen molar-refractivity contribution in [1.29, 1.82) is 0 Å². The van der Waals surface area contributed by atoms with E-state index in [1.165, 1.54) is 0 Å². The summed E-state index contributed by atoms with van der Waals surface area (Å²) in [6, 6.07) is 8.92. The maximum absolute atomic E-state index is 11.8. The summed E-state index contributed by atoms with van der Waals surface area (Å²) in [7, 11) is 0. The molecule has 0 saturated carbocycles. The van der Waals surface area contributed by atoms with E-state index in [9.17, 15) is 9.90 Å². The lowest BCUT2D eigenvalue weighted by Gasteiger charge is -2.19. The Morgan fingerprint density at radius 3 is 2.71 bits per heavy atom. The SMILES string of the molecule is CCSCCC(N)C(O)C(=O)NOC(C)c1ccccc1. The fourth-order valence-corrected chi connectivity index (χ4v) is 2.44. The molecule has 1 amide bonds. The first-order valence-corrected chi connectivity index (χ1v) is 8.23. The standard InChI is InChI=1S/C15H24N2O3S/c1-3-21-10-9-13(16)14(18)15(19)17-20-11(2)12-7-5-4-6-8-12/h4-8,11,13-14,18H,3,9-10,16H2,1-2H3,(H,17,19). The van der Waals surface area contributed by atoms with E-state index >= 15 is 0 Å². The number of nitrogens with one attached hydrogen (secondary N) is 1. The smallest absolute Gasteiger partial charge is 0.273 e. The fraction of sp³-hybridized carbons (Fsp3) is 0.533. The van der Waals surface area contributed by atoms with Crippen molar-refractivity contribution in [3.8, 4) is 0 Å². The minimum atomic E-state index is -1.26. The lowest BCUT2D eigenvalue weighted by molar-refractivity contribution is -0.147. The zero-order valence-electron chi connectivity index (χ0n) is 12.5. The van der Waals surface area contributed by atoms with Gasteiger partial charge in [0.05, 0.1) is 0 Å². The van der Waals surface area contributed by atoms with Crippen LogP contribution >= 0.6 is 11.8 Å². The molecule has 0 saturated heterocycles. The molecule has 1 aromatic rings. The third-order valence-corrected chi connectivity index (χ3v) is 4.01. The van der Waals surface area contributed by atoms with Crippen LogP contribution in [0.3, 0.4) is 0 Å². The molecule has 118 valence electrons. The number of hydrogen-bond acceptors (Lipinski definition) is 5. The molecule has 1 rings (SSSR count). The van der Waals surface area contributed by atoms with E-state index in [1.54, 1.807) is 11.8 Å². The van der Waals surface area contributed by atoms with Gasteiger partial charge in [-0.3, -0.25) is 9.63 Å². The average Bonchev–Trinajstić information content (AvgIpc) is 2.52. The molecule has 6 heteroatoms. The molecule has 0 bridgehead atoms. The second-order valence-electron chi connectivity index (χ2n) is 4.73. The number of aliphatic hydroxyl groups excluding tert-OH is 1. The maximum atomic E-state index is 11.8. The van der Waals surface area contributed by atoms with Crippen LogP contribution in [0.2, 0.25) is 0 Å². The highest BCUT2D eigenvalue weighted by Gasteiger charge is 2.23. The Morgan fingerprint density at radius 2 is 2.10 bits per heavy atom. The molecular weight excluding hydrogens is 288 g/mol. The summed E-state index contributed by atoms with van der Waals surface area (Å²) in [5.74, 6) is 1.21. The Bertz CT molecular complexity index is 417. The van der Waals surface area contributed by atoms with E-state index in [0.717, 1.165) is 17.1 Å². The van der Waals surface area contributed by atoms with Crippen molar-refractivity contribution in [2.75, 3.05) is 11.5 Å². The molecule has 0 radical (unpaired) electrons. The molecule has 3 unspecified atom stereocenters. The number of rotatable bonds is 9. The highest BCUT2D eigenvalue weighted by molar-refractivity contribution is 7.99. The van der Waals surface area contributed by atoms with Gasteiger partial charge in [0.25, 0.3) is 5.91 Å². The fourth-order valence-electron chi connectivity index (χ4n) is 1.71. The molecule has 0 aliphatic heterocycles. The second kappa shape index (κ2) is 9.78. The summed E-state index contributed by atoms with van der Waals surface area (Å²) in [4.78, 5) is 17.0. The summed E-state index contributed by atoms with van der Waals surface area (Å²) in [5.41, 5.74) is 9.01. The summed E-state index contributed by atoms with van der Waals surface area (Å²) < 4.78 is 0. The Labute approximate surface area is 130 Å². The molecule has 0 heterocycles. The largest absolute Gasteiger partial charge is 0.382 e. The molecule has 3 atom stereocenters. The zero-order chi connectivity index (χ0) is 15.7. The lowest BCUT2D eigenvalue weighted by atomic mass is 10.1. The van der Waals surface area contributed by atoms with Crippen molar-refractivity contribution in [2.45, 2.75) is 38.5 Å². The summed E-state index contributed by atoms with van der Waals surface area (Å²) in [6.07, 6.45) is -0.971. The van der Waals surface area contributed by atoms with Crippen LogP contribution in [0.1, 0.15) is 31.9 Å². The van der Waals surface area contributed by atoms with Gasteiger partial charge in [-0.05, 0) is 30.4 Å². The summed E-state index contributed by atoms with van der Waals surface area (Å²) in [6.45, 7) is 3.87. The van der Waals surface area contributed by atoms with Gasteiger partial charge in [-0.1, -0.05) is 37.3 Å². The number of hydrogen-bond donors (Lipinski definition) is 3. The van der Waals surface area contributed by atoms with E-state index in [0.29, 0.717) is 6.42 Å². The number of carbonyl (C=O) groups is 1. The minimum absolute atomic E-state index is 0.297. The monoisotopic (exact) mass is 312 g/mol. The number of thioether (sulfide) groups is 1. The predicted octanol–water partition coefficient (Wildman–Crippen LogP) is 1.63. The first-order chi connectivity index (χ1) is 10.1. The van der Waals surface area contributed by atoms with Crippen molar-refractivity contribution >= 4 is 17.7 Å². The van der Waals surface area contributed by atoms with Gasteiger partial charge >= 0.3 is 0 Å². The van der Waals surface area contributed by atoms with E-state index < -0.39 is 18.1 Å². The molecule has 5 nitrogen and oxygen atoms in total. The van der Waals surface area contributed by atoms with Crippen molar-refractivity contribution in [3.63, 3.8) is 0 Å². The van der Waals surface area contributed by atoms with Gasteiger partial charge in [0.1, 0.15) is 12.2 Å². The van der Waals surface area contributed by atoms with Crippen molar-refractivity contribution in [3.05, 3.63) is 35.9 Å². The first-order valence-electron chi connectivity index (χ1n) is 7.08. The Kier molecular flexibility index (Phi) is 8.37. The summed E-state index contributed by atoms with van der Waals surface area (Å²) in [5, 5.41) is 9.84. The third kappa shape index (κ3) is 6.48. The van der Waals surface area contributed by atoms with Crippen molar-refractivity contribution < 1.29 is 14.7 Å². The van der Waals surface area contributed by atoms with Crippen LogP contribution in [0.15, 0.2) is 30.3 Å². The molecule has 0 aromatic heterocycles. The van der Waals surface area contributed by atoms with Crippen molar-refractivity contribution in [2.24, 2.45) is 5.73 Å². The van der Waals surface area contributed by atoms with Crippen LogP contribution in [0.4, 0.5) is 0 Å². The average molecular weight is 312 g/mol. The molecule has 0 aliphatic carbocycles. The maximum Gasteiger partial charge on any atom is 0.273 e. The van der Waals surface area contributed by atoms with Gasteiger partial charge in [-0.25, -0.2) is 5.48 Å². The van der Waals surface area contributed by atoms with Gasteiger partial charge in [0.15, 0.2) is 0 Å². The normalized spacial score (nSPS) is 15.2. The molecule has 4 N–H and O–H groups in total.